The van der Waals surface area contributed by atoms with Crippen molar-refractivity contribution in [1.29, 1.82) is 0 Å². The average Bonchev–Trinajstić information content (AvgIpc) is 2.34. The summed E-state index contributed by atoms with van der Waals surface area (Å²) in [4.78, 5) is 11.6. The van der Waals surface area contributed by atoms with Crippen molar-refractivity contribution in [2.45, 2.75) is 63.7 Å². The van der Waals surface area contributed by atoms with Gasteiger partial charge < -0.3 is 4.74 Å². The van der Waals surface area contributed by atoms with Crippen LogP contribution in [0.5, 0.6) is 0 Å². The quantitative estimate of drug-likeness (QED) is 0.415. The molecule has 0 radical (unpaired) electrons. The fourth-order valence-corrected chi connectivity index (χ4v) is 2.14. The molecule has 112 valence electrons. The van der Waals surface area contributed by atoms with E-state index in [0.29, 0.717) is 0 Å². The molecule has 0 bridgehead atoms. The number of hydrogen-bond donors (Lipinski definition) is 0. The third-order valence-corrected chi connectivity index (χ3v) is 3.46. The number of rotatable bonds is 6. The summed E-state index contributed by atoms with van der Waals surface area (Å²) in [6.07, 6.45) is 3.34. The second-order valence-electron chi connectivity index (χ2n) is 5.20. The maximum absolute atomic E-state index is 12.9. The minimum atomic E-state index is -4.05. The topological polar surface area (TPSA) is 26.3 Å². The third-order valence-electron chi connectivity index (χ3n) is 3.46. The summed E-state index contributed by atoms with van der Waals surface area (Å²) in [5, 5.41) is 0. The van der Waals surface area contributed by atoms with E-state index in [-0.39, 0.29) is 31.8 Å². The summed E-state index contributed by atoms with van der Waals surface area (Å²) < 4.78 is 55.7. The van der Waals surface area contributed by atoms with Gasteiger partial charge in [-0.25, -0.2) is 8.78 Å². The van der Waals surface area contributed by atoms with Crippen molar-refractivity contribution in [2.24, 2.45) is 5.92 Å². The highest BCUT2D eigenvalue weighted by Gasteiger charge is 2.51. The van der Waals surface area contributed by atoms with Crippen molar-refractivity contribution in [3.63, 3.8) is 0 Å². The molecule has 1 rings (SSSR count). The fraction of sp³-hybridized carbons (Fsp3) is 0.923. The maximum Gasteiger partial charge on any atom is 0.310 e. The molecule has 0 aromatic carbocycles. The molecule has 0 atom stereocenters. The summed E-state index contributed by atoms with van der Waals surface area (Å²) in [6, 6.07) is 0. The smallest absolute Gasteiger partial charge is 0.310 e. The summed E-state index contributed by atoms with van der Waals surface area (Å²) >= 11 is 0. The number of carbonyl (C=O) groups excluding carboxylic acids is 1. The van der Waals surface area contributed by atoms with Crippen LogP contribution in [-0.2, 0) is 9.53 Å². The molecule has 0 saturated heterocycles. The van der Waals surface area contributed by atoms with Gasteiger partial charge in [-0.15, -0.1) is 0 Å². The largest absolute Gasteiger partial charge is 0.465 e. The van der Waals surface area contributed by atoms with Crippen LogP contribution in [-0.4, -0.2) is 24.4 Å². The molecule has 1 fully saturated rings. The van der Waals surface area contributed by atoms with E-state index in [2.05, 4.69) is 0 Å². The Hall–Kier alpha value is -0.810. The van der Waals surface area contributed by atoms with Crippen molar-refractivity contribution in [2.75, 3.05) is 6.61 Å². The normalized spacial score (nSPS) is 18.4. The monoisotopic (exact) mass is 284 g/mol. The van der Waals surface area contributed by atoms with E-state index in [1.165, 1.54) is 0 Å². The Bertz CT molecular complexity index is 294. The first-order chi connectivity index (χ1) is 8.74. The summed E-state index contributed by atoms with van der Waals surface area (Å²) in [5.41, 5.74) is 0. The van der Waals surface area contributed by atoms with Crippen LogP contribution >= 0.6 is 0 Å². The highest BCUT2D eigenvalue weighted by Crippen LogP contribution is 2.37. The van der Waals surface area contributed by atoms with Gasteiger partial charge in [-0.3, -0.25) is 4.79 Å². The van der Waals surface area contributed by atoms with Gasteiger partial charge in [-0.2, -0.15) is 8.78 Å². The van der Waals surface area contributed by atoms with Crippen LogP contribution in [0.25, 0.3) is 0 Å². The van der Waals surface area contributed by atoms with Gasteiger partial charge in [0.15, 0.2) is 0 Å². The second kappa shape index (κ2) is 6.57. The van der Waals surface area contributed by atoms with Crippen molar-refractivity contribution in [1.82, 2.24) is 0 Å². The molecule has 0 aromatic rings. The Morgan fingerprint density at radius 3 is 2.26 bits per heavy atom. The zero-order chi connectivity index (χ0) is 14.5. The molecular weight excluding hydrogens is 264 g/mol. The standard InChI is InChI=1S/C13H20F4O2/c1-12(14,15)13(16,17)8-5-9-19-11(18)10-6-3-2-4-7-10/h10H,2-9H2,1H3. The Labute approximate surface area is 110 Å². The van der Waals surface area contributed by atoms with Crippen LogP contribution in [0.1, 0.15) is 51.9 Å². The van der Waals surface area contributed by atoms with Crippen molar-refractivity contribution in [3.8, 4) is 0 Å². The molecule has 0 N–H and O–H groups in total. The fourth-order valence-electron chi connectivity index (χ4n) is 2.14. The summed E-state index contributed by atoms with van der Waals surface area (Å²) in [6.45, 7) is -0.0258. The van der Waals surface area contributed by atoms with Gasteiger partial charge in [0, 0.05) is 13.3 Å². The number of ether oxygens (including phenoxy) is 1. The van der Waals surface area contributed by atoms with Crippen LogP contribution in [0.2, 0.25) is 0 Å². The van der Waals surface area contributed by atoms with Crippen LogP contribution in [0.4, 0.5) is 17.6 Å². The van der Waals surface area contributed by atoms with Crippen LogP contribution in [0.3, 0.4) is 0 Å². The predicted molar refractivity (Wildman–Crippen MR) is 62.3 cm³/mol. The van der Waals surface area contributed by atoms with E-state index in [9.17, 15) is 22.4 Å². The minimum Gasteiger partial charge on any atom is -0.465 e. The van der Waals surface area contributed by atoms with E-state index in [4.69, 9.17) is 4.74 Å². The highest BCUT2D eigenvalue weighted by molar-refractivity contribution is 5.72. The minimum absolute atomic E-state index is 0.151. The number of hydrogen-bond acceptors (Lipinski definition) is 2. The molecular formula is C13H20F4O2. The van der Waals surface area contributed by atoms with Gasteiger partial charge in [0.1, 0.15) is 0 Å². The SMILES string of the molecule is CC(F)(F)C(F)(F)CCCOC(=O)C1CCCCC1. The molecule has 1 aliphatic carbocycles. The number of alkyl halides is 4. The highest BCUT2D eigenvalue weighted by atomic mass is 19.3. The van der Waals surface area contributed by atoms with Gasteiger partial charge in [-0.1, -0.05) is 19.3 Å². The van der Waals surface area contributed by atoms with Crippen molar-refractivity contribution in [3.05, 3.63) is 0 Å². The van der Waals surface area contributed by atoms with Gasteiger partial charge in [-0.05, 0) is 19.3 Å². The van der Waals surface area contributed by atoms with Gasteiger partial charge in [0.2, 0.25) is 0 Å². The zero-order valence-corrected chi connectivity index (χ0v) is 11.1. The van der Waals surface area contributed by atoms with Crippen LogP contribution in [0, 0.1) is 5.92 Å². The molecule has 0 amide bonds. The Morgan fingerprint density at radius 1 is 1.16 bits per heavy atom. The van der Waals surface area contributed by atoms with E-state index < -0.39 is 18.3 Å². The molecule has 0 spiro atoms. The molecule has 6 heteroatoms. The molecule has 0 unspecified atom stereocenters. The lowest BCUT2D eigenvalue weighted by Gasteiger charge is -2.23. The van der Waals surface area contributed by atoms with E-state index in [0.717, 1.165) is 32.1 Å². The first-order valence-corrected chi connectivity index (χ1v) is 6.66. The maximum atomic E-state index is 12.9. The van der Waals surface area contributed by atoms with Crippen LogP contribution in [0.15, 0.2) is 0 Å². The third kappa shape index (κ3) is 4.99. The number of carbonyl (C=O) groups is 1. The molecule has 0 aromatic heterocycles. The van der Waals surface area contributed by atoms with E-state index >= 15 is 0 Å². The average molecular weight is 284 g/mol. The lowest BCUT2D eigenvalue weighted by molar-refractivity contribution is -0.202. The Morgan fingerprint density at radius 2 is 1.74 bits per heavy atom. The first kappa shape index (κ1) is 16.2. The van der Waals surface area contributed by atoms with Gasteiger partial charge in [0.25, 0.3) is 0 Å². The molecule has 19 heavy (non-hydrogen) atoms. The summed E-state index contributed by atoms with van der Waals surface area (Å²) in [5.74, 6) is -8.63. The lowest BCUT2D eigenvalue weighted by Crippen LogP contribution is -2.37. The zero-order valence-electron chi connectivity index (χ0n) is 11.1. The number of esters is 1. The van der Waals surface area contributed by atoms with Gasteiger partial charge in [0.05, 0.1) is 12.5 Å². The molecule has 2 nitrogen and oxygen atoms in total. The molecule has 0 heterocycles. The van der Waals surface area contributed by atoms with Crippen molar-refractivity contribution < 1.29 is 27.1 Å². The van der Waals surface area contributed by atoms with E-state index in [1.54, 1.807) is 0 Å². The molecule has 0 aliphatic heterocycles. The van der Waals surface area contributed by atoms with Gasteiger partial charge >= 0.3 is 17.8 Å². The molecule has 1 aliphatic rings. The Kier molecular flexibility index (Phi) is 5.62. The summed E-state index contributed by atoms with van der Waals surface area (Å²) in [7, 11) is 0. The van der Waals surface area contributed by atoms with Crippen molar-refractivity contribution >= 4 is 5.97 Å². The lowest BCUT2D eigenvalue weighted by atomic mass is 9.89. The molecule has 1 saturated carbocycles. The predicted octanol–water partition coefficient (Wildman–Crippen LogP) is 4.18. The second-order valence-corrected chi connectivity index (χ2v) is 5.20. The number of halogens is 4. The first-order valence-electron chi connectivity index (χ1n) is 6.66. The van der Waals surface area contributed by atoms with Crippen LogP contribution < -0.4 is 0 Å². The Balaban J connectivity index is 2.21. The van der Waals surface area contributed by atoms with E-state index in [1.807, 2.05) is 0 Å².